The number of rotatable bonds is 3. The minimum atomic E-state index is -0.308. The molecule has 6 heteroatoms. The highest BCUT2D eigenvalue weighted by atomic mass is 19.1. The number of phenolic OH excluding ortho intramolecular Hbond substituents is 1. The summed E-state index contributed by atoms with van der Waals surface area (Å²) in [7, 11) is 0. The van der Waals surface area contributed by atoms with Crippen LogP contribution in [-0.2, 0) is 0 Å². The summed E-state index contributed by atoms with van der Waals surface area (Å²) < 4.78 is 14.0. The Bertz CT molecular complexity index is 1130. The predicted octanol–water partition coefficient (Wildman–Crippen LogP) is 4.11. The highest BCUT2D eigenvalue weighted by Crippen LogP contribution is 2.33. The highest BCUT2D eigenvalue weighted by Gasteiger charge is 2.29. The number of nitrogens with zero attached hydrogens (tertiary/aromatic N) is 4. The van der Waals surface area contributed by atoms with Crippen LogP contribution in [-0.4, -0.2) is 45.7 Å². The summed E-state index contributed by atoms with van der Waals surface area (Å²) in [4.78, 5) is 13.9. The van der Waals surface area contributed by atoms with Crippen molar-refractivity contribution < 1.29 is 9.50 Å². The van der Waals surface area contributed by atoms with E-state index in [1.807, 2.05) is 6.07 Å². The number of benzene rings is 2. The van der Waals surface area contributed by atoms with Crippen molar-refractivity contribution in [3.63, 3.8) is 0 Å². The van der Waals surface area contributed by atoms with Crippen LogP contribution in [0.4, 0.5) is 10.2 Å². The van der Waals surface area contributed by atoms with Gasteiger partial charge in [0, 0.05) is 31.1 Å². The van der Waals surface area contributed by atoms with Crippen molar-refractivity contribution >= 4 is 16.7 Å². The molecule has 2 aromatic carbocycles. The third kappa shape index (κ3) is 3.31. The fourth-order valence-electron chi connectivity index (χ4n) is 4.07. The Morgan fingerprint density at radius 1 is 1.07 bits per heavy atom. The van der Waals surface area contributed by atoms with Gasteiger partial charge in [-0.1, -0.05) is 24.3 Å². The molecule has 0 spiro atoms. The summed E-state index contributed by atoms with van der Waals surface area (Å²) in [6.45, 7) is 2.54. The fourth-order valence-corrected chi connectivity index (χ4v) is 4.07. The summed E-state index contributed by atoms with van der Waals surface area (Å²) in [5, 5.41) is 11.0. The lowest BCUT2D eigenvalue weighted by Gasteiger charge is -2.28. The van der Waals surface area contributed by atoms with Crippen molar-refractivity contribution in [3.8, 4) is 17.1 Å². The Labute approximate surface area is 168 Å². The summed E-state index contributed by atoms with van der Waals surface area (Å²) >= 11 is 0. The number of para-hydroxylation sites is 1. The topological polar surface area (TPSA) is 52.5 Å². The number of hydrogen-bond acceptors (Lipinski definition) is 5. The molecule has 3 aromatic rings. The van der Waals surface area contributed by atoms with Gasteiger partial charge in [-0.25, -0.2) is 14.4 Å². The van der Waals surface area contributed by atoms with Gasteiger partial charge in [-0.3, -0.25) is 0 Å². The summed E-state index contributed by atoms with van der Waals surface area (Å²) in [6.07, 6.45) is 9.39. The molecule has 1 fully saturated rings. The first kappa shape index (κ1) is 17.7. The van der Waals surface area contributed by atoms with E-state index in [-0.39, 0.29) is 11.6 Å². The van der Waals surface area contributed by atoms with Crippen LogP contribution < -0.4 is 4.90 Å². The van der Waals surface area contributed by atoms with Crippen molar-refractivity contribution in [3.05, 3.63) is 72.7 Å². The first-order valence-corrected chi connectivity index (χ1v) is 9.79. The molecule has 1 atom stereocenters. The summed E-state index contributed by atoms with van der Waals surface area (Å²) in [5.41, 5.74) is 1.23. The summed E-state index contributed by atoms with van der Waals surface area (Å²) in [6, 6.07) is 12.0. The predicted molar refractivity (Wildman–Crippen MR) is 112 cm³/mol. The van der Waals surface area contributed by atoms with Crippen LogP contribution in [0.15, 0.2) is 66.9 Å². The number of hydrogen-bond donors (Lipinski definition) is 1. The van der Waals surface area contributed by atoms with E-state index in [1.165, 1.54) is 12.1 Å². The molecule has 2 aliphatic heterocycles. The van der Waals surface area contributed by atoms with Gasteiger partial charge in [0.1, 0.15) is 17.4 Å². The van der Waals surface area contributed by atoms with E-state index in [0.29, 0.717) is 34.2 Å². The van der Waals surface area contributed by atoms with Crippen LogP contribution in [0.1, 0.15) is 6.42 Å². The largest absolute Gasteiger partial charge is 0.507 e. The van der Waals surface area contributed by atoms with E-state index >= 15 is 0 Å². The Hall–Kier alpha value is -3.41. The molecule has 2 aliphatic rings. The number of anilines is 1. The van der Waals surface area contributed by atoms with Crippen molar-refractivity contribution in [1.82, 2.24) is 14.9 Å². The number of phenols is 1. The zero-order valence-corrected chi connectivity index (χ0v) is 15.9. The number of halogens is 1. The van der Waals surface area contributed by atoms with Crippen LogP contribution in [0, 0.1) is 5.82 Å². The molecule has 1 N–H and O–H groups in total. The van der Waals surface area contributed by atoms with Gasteiger partial charge in [0.15, 0.2) is 5.82 Å². The minimum Gasteiger partial charge on any atom is -0.507 e. The van der Waals surface area contributed by atoms with Crippen molar-refractivity contribution in [2.75, 3.05) is 24.5 Å². The molecule has 0 aliphatic carbocycles. The van der Waals surface area contributed by atoms with Gasteiger partial charge in [0.2, 0.25) is 0 Å². The van der Waals surface area contributed by atoms with Gasteiger partial charge in [-0.15, -0.1) is 0 Å². The summed E-state index contributed by atoms with van der Waals surface area (Å²) in [5.74, 6) is 0.982. The van der Waals surface area contributed by atoms with E-state index in [9.17, 15) is 9.50 Å². The molecule has 0 saturated carbocycles. The van der Waals surface area contributed by atoms with Crippen LogP contribution >= 0.6 is 0 Å². The van der Waals surface area contributed by atoms with Crippen LogP contribution in [0.2, 0.25) is 0 Å². The first-order valence-electron chi connectivity index (χ1n) is 9.79. The fraction of sp³-hybridized carbons (Fsp3) is 0.217. The number of allylic oxidation sites excluding steroid dienone is 2. The van der Waals surface area contributed by atoms with Crippen LogP contribution in [0.3, 0.4) is 0 Å². The zero-order valence-electron chi connectivity index (χ0n) is 15.9. The third-order valence-corrected chi connectivity index (χ3v) is 5.56. The second kappa shape index (κ2) is 7.20. The van der Waals surface area contributed by atoms with Gasteiger partial charge < -0.3 is 14.9 Å². The first-order chi connectivity index (χ1) is 14.2. The SMILES string of the molecule is Oc1ccccc1-c1nc(N2CC[C@@H](N3C=CC=CC3)C2)c2cc(F)ccc2n1. The van der Waals surface area contributed by atoms with Crippen LogP contribution in [0.25, 0.3) is 22.3 Å². The van der Waals surface area contributed by atoms with E-state index in [1.54, 1.807) is 24.3 Å². The lowest BCUT2D eigenvalue weighted by molar-refractivity contribution is 0.320. The van der Waals surface area contributed by atoms with Crippen molar-refractivity contribution in [2.45, 2.75) is 12.5 Å². The van der Waals surface area contributed by atoms with E-state index in [0.717, 1.165) is 26.1 Å². The molecule has 1 saturated heterocycles. The van der Waals surface area contributed by atoms with Gasteiger partial charge in [0.25, 0.3) is 0 Å². The Kier molecular flexibility index (Phi) is 4.39. The van der Waals surface area contributed by atoms with Gasteiger partial charge in [-0.2, -0.15) is 0 Å². The number of aromatic hydroxyl groups is 1. The van der Waals surface area contributed by atoms with E-state index in [4.69, 9.17) is 4.98 Å². The normalized spacial score (nSPS) is 18.7. The Morgan fingerprint density at radius 2 is 1.97 bits per heavy atom. The molecule has 29 heavy (non-hydrogen) atoms. The second-order valence-electron chi connectivity index (χ2n) is 7.40. The van der Waals surface area contributed by atoms with E-state index < -0.39 is 0 Å². The molecule has 1 aromatic heterocycles. The second-order valence-corrected chi connectivity index (χ2v) is 7.40. The molecule has 146 valence electrons. The molecule has 5 rings (SSSR count). The lowest BCUT2D eigenvalue weighted by atomic mass is 10.1. The van der Waals surface area contributed by atoms with Crippen LogP contribution in [0.5, 0.6) is 5.75 Å². The van der Waals surface area contributed by atoms with Gasteiger partial charge in [-0.05, 0) is 49.0 Å². The molecule has 0 bridgehead atoms. The Morgan fingerprint density at radius 3 is 2.79 bits per heavy atom. The molecular weight excluding hydrogens is 367 g/mol. The number of aromatic nitrogens is 2. The number of fused-ring (bicyclic) bond motifs is 1. The standard InChI is InChI=1S/C23H21FN4O/c24-16-8-9-20-19(14-16)23(26-22(25-20)18-6-2-3-7-21(18)29)28-13-10-17(15-28)27-11-4-1-5-12-27/h1-9,11,14,17,29H,10,12-13,15H2/t17-/m1/s1. The van der Waals surface area contributed by atoms with E-state index in [2.05, 4.69) is 39.2 Å². The average molecular weight is 388 g/mol. The highest BCUT2D eigenvalue weighted by molar-refractivity contribution is 5.91. The molecule has 0 unspecified atom stereocenters. The van der Waals surface area contributed by atoms with Crippen molar-refractivity contribution in [2.24, 2.45) is 0 Å². The third-order valence-electron chi connectivity index (χ3n) is 5.56. The van der Waals surface area contributed by atoms with Gasteiger partial charge in [0.05, 0.1) is 11.1 Å². The molecule has 3 heterocycles. The lowest BCUT2D eigenvalue weighted by Crippen LogP contribution is -2.34. The molecule has 0 radical (unpaired) electrons. The van der Waals surface area contributed by atoms with Crippen molar-refractivity contribution in [1.29, 1.82) is 0 Å². The maximum atomic E-state index is 14.0. The molecular formula is C23H21FN4O. The average Bonchev–Trinajstić information content (AvgIpc) is 3.24. The Balaban J connectivity index is 1.57. The minimum absolute atomic E-state index is 0.129. The molecule has 5 nitrogen and oxygen atoms in total. The van der Waals surface area contributed by atoms with Gasteiger partial charge >= 0.3 is 0 Å². The zero-order chi connectivity index (χ0) is 19.8. The quantitative estimate of drug-likeness (QED) is 0.732. The maximum absolute atomic E-state index is 14.0. The molecule has 0 amide bonds. The smallest absolute Gasteiger partial charge is 0.165 e. The maximum Gasteiger partial charge on any atom is 0.165 e. The monoisotopic (exact) mass is 388 g/mol.